The Morgan fingerprint density at radius 3 is 2.87 bits per heavy atom. The molecule has 2 rings (SSSR count). The van der Waals surface area contributed by atoms with Gasteiger partial charge in [-0.15, -0.1) is 0 Å². The van der Waals surface area contributed by atoms with Crippen molar-refractivity contribution < 1.29 is 9.90 Å². The Hall–Kier alpha value is -1.84. The smallest absolute Gasteiger partial charge is 0.209 e. The van der Waals surface area contributed by atoms with Crippen LogP contribution in [-0.4, -0.2) is 34.5 Å². The van der Waals surface area contributed by atoms with E-state index in [0.29, 0.717) is 6.54 Å². The van der Waals surface area contributed by atoms with Gasteiger partial charge in [0.1, 0.15) is 5.75 Å². The number of aromatic hydroxyl groups is 1. The molecule has 0 aliphatic carbocycles. The number of hydrogen-bond donors (Lipinski definition) is 1. The SMILES string of the molecule is O=CN1CC=C(c2ccc(O)cn2)CC1. The highest BCUT2D eigenvalue weighted by Crippen LogP contribution is 2.21. The van der Waals surface area contributed by atoms with E-state index < -0.39 is 0 Å². The number of pyridine rings is 1. The summed E-state index contributed by atoms with van der Waals surface area (Å²) in [5.74, 6) is 0.171. The van der Waals surface area contributed by atoms with Crippen molar-refractivity contribution in [3.8, 4) is 5.75 Å². The van der Waals surface area contributed by atoms with Crippen LogP contribution in [0.2, 0.25) is 0 Å². The van der Waals surface area contributed by atoms with Crippen LogP contribution in [0.3, 0.4) is 0 Å². The van der Waals surface area contributed by atoms with Crippen LogP contribution < -0.4 is 0 Å². The molecule has 0 saturated heterocycles. The minimum absolute atomic E-state index is 0.171. The molecule has 0 unspecified atom stereocenters. The zero-order chi connectivity index (χ0) is 10.7. The Bertz CT molecular complexity index is 384. The topological polar surface area (TPSA) is 53.4 Å². The molecule has 0 spiro atoms. The third-order valence-corrected chi connectivity index (χ3v) is 2.47. The van der Waals surface area contributed by atoms with Crippen LogP contribution in [0.1, 0.15) is 12.1 Å². The van der Waals surface area contributed by atoms with Crippen molar-refractivity contribution in [2.45, 2.75) is 6.42 Å². The van der Waals surface area contributed by atoms with Crippen molar-refractivity contribution in [1.29, 1.82) is 0 Å². The fourth-order valence-corrected chi connectivity index (χ4v) is 1.59. The van der Waals surface area contributed by atoms with E-state index in [2.05, 4.69) is 4.98 Å². The summed E-state index contributed by atoms with van der Waals surface area (Å²) < 4.78 is 0. The fraction of sp³-hybridized carbons (Fsp3) is 0.273. The molecule has 1 N–H and O–H groups in total. The van der Waals surface area contributed by atoms with E-state index in [-0.39, 0.29) is 5.75 Å². The summed E-state index contributed by atoms with van der Waals surface area (Å²) in [5.41, 5.74) is 2.01. The lowest BCUT2D eigenvalue weighted by Crippen LogP contribution is -2.26. The van der Waals surface area contributed by atoms with Gasteiger partial charge in [-0.2, -0.15) is 0 Å². The molecule has 1 aliphatic rings. The highest BCUT2D eigenvalue weighted by Gasteiger charge is 2.11. The van der Waals surface area contributed by atoms with E-state index >= 15 is 0 Å². The van der Waals surface area contributed by atoms with Gasteiger partial charge in [-0.3, -0.25) is 9.78 Å². The number of nitrogens with zero attached hydrogens (tertiary/aromatic N) is 2. The highest BCUT2D eigenvalue weighted by molar-refractivity contribution is 5.65. The van der Waals surface area contributed by atoms with Gasteiger partial charge in [0.05, 0.1) is 11.9 Å². The van der Waals surface area contributed by atoms with E-state index in [9.17, 15) is 4.79 Å². The second-order valence-electron chi connectivity index (χ2n) is 3.48. The molecule has 0 bridgehead atoms. The summed E-state index contributed by atoms with van der Waals surface area (Å²) in [5, 5.41) is 9.10. The van der Waals surface area contributed by atoms with Crippen LogP contribution in [0, 0.1) is 0 Å². The van der Waals surface area contributed by atoms with Crippen molar-refractivity contribution in [2.24, 2.45) is 0 Å². The standard InChI is InChI=1S/C11H12N2O2/c14-8-13-5-3-9(4-6-13)11-2-1-10(15)7-12-11/h1-3,7-8,15H,4-6H2. The number of aromatic nitrogens is 1. The molecule has 1 aromatic heterocycles. The van der Waals surface area contributed by atoms with Gasteiger partial charge in [0, 0.05) is 13.1 Å². The predicted octanol–water partition coefficient (Wildman–Crippen LogP) is 1.03. The van der Waals surface area contributed by atoms with Crippen molar-refractivity contribution in [2.75, 3.05) is 13.1 Å². The van der Waals surface area contributed by atoms with Gasteiger partial charge in [0.15, 0.2) is 0 Å². The normalized spacial score (nSPS) is 16.0. The van der Waals surface area contributed by atoms with Gasteiger partial charge < -0.3 is 10.0 Å². The van der Waals surface area contributed by atoms with E-state index in [4.69, 9.17) is 5.11 Å². The lowest BCUT2D eigenvalue weighted by atomic mass is 10.0. The second-order valence-corrected chi connectivity index (χ2v) is 3.48. The number of rotatable bonds is 2. The maximum atomic E-state index is 10.5. The maximum absolute atomic E-state index is 10.5. The predicted molar refractivity (Wildman–Crippen MR) is 56.1 cm³/mol. The number of hydrogen-bond acceptors (Lipinski definition) is 3. The molecule has 78 valence electrons. The van der Waals surface area contributed by atoms with Crippen LogP contribution in [-0.2, 0) is 4.79 Å². The number of amides is 1. The zero-order valence-electron chi connectivity index (χ0n) is 8.26. The lowest BCUT2D eigenvalue weighted by molar-refractivity contribution is -0.117. The summed E-state index contributed by atoms with van der Waals surface area (Å²) in [6.45, 7) is 1.37. The van der Waals surface area contributed by atoms with Crippen molar-refractivity contribution in [3.05, 3.63) is 30.1 Å². The molecule has 0 fully saturated rings. The molecular weight excluding hydrogens is 192 g/mol. The minimum atomic E-state index is 0.171. The monoisotopic (exact) mass is 204 g/mol. The molecule has 1 aromatic rings. The Balaban J connectivity index is 2.15. The number of carbonyl (C=O) groups is 1. The van der Waals surface area contributed by atoms with Crippen molar-refractivity contribution in [3.63, 3.8) is 0 Å². The zero-order valence-corrected chi connectivity index (χ0v) is 8.26. The molecular formula is C11H12N2O2. The van der Waals surface area contributed by atoms with Crippen LogP contribution in [0.5, 0.6) is 5.75 Å². The average Bonchev–Trinajstić information content (AvgIpc) is 2.30. The molecule has 2 heterocycles. The first-order valence-electron chi connectivity index (χ1n) is 4.83. The molecule has 4 heteroatoms. The van der Waals surface area contributed by atoms with E-state index in [1.54, 1.807) is 17.0 Å². The van der Waals surface area contributed by atoms with Crippen LogP contribution in [0.4, 0.5) is 0 Å². The summed E-state index contributed by atoms with van der Waals surface area (Å²) in [6.07, 6.45) is 5.10. The van der Waals surface area contributed by atoms with Gasteiger partial charge >= 0.3 is 0 Å². The van der Waals surface area contributed by atoms with Gasteiger partial charge in [-0.1, -0.05) is 6.08 Å². The lowest BCUT2D eigenvalue weighted by Gasteiger charge is -2.21. The van der Waals surface area contributed by atoms with E-state index in [1.165, 1.54) is 6.20 Å². The first-order valence-corrected chi connectivity index (χ1v) is 4.83. The molecule has 15 heavy (non-hydrogen) atoms. The van der Waals surface area contributed by atoms with Crippen LogP contribution in [0.15, 0.2) is 24.4 Å². The summed E-state index contributed by atoms with van der Waals surface area (Å²) in [6, 6.07) is 3.41. The van der Waals surface area contributed by atoms with Crippen molar-refractivity contribution in [1.82, 2.24) is 9.88 Å². The summed E-state index contributed by atoms with van der Waals surface area (Å²) >= 11 is 0. The van der Waals surface area contributed by atoms with E-state index in [0.717, 1.165) is 30.6 Å². The van der Waals surface area contributed by atoms with Gasteiger partial charge in [-0.25, -0.2) is 0 Å². The van der Waals surface area contributed by atoms with E-state index in [1.807, 2.05) is 6.08 Å². The molecule has 0 saturated carbocycles. The maximum Gasteiger partial charge on any atom is 0.209 e. The van der Waals surface area contributed by atoms with Crippen molar-refractivity contribution >= 4 is 12.0 Å². The average molecular weight is 204 g/mol. The Morgan fingerprint density at radius 1 is 1.47 bits per heavy atom. The highest BCUT2D eigenvalue weighted by atomic mass is 16.3. The van der Waals surface area contributed by atoms with Gasteiger partial charge in [-0.05, 0) is 24.1 Å². The molecule has 0 atom stereocenters. The Kier molecular flexibility index (Phi) is 2.67. The first kappa shape index (κ1) is 9.71. The summed E-state index contributed by atoms with van der Waals surface area (Å²) in [7, 11) is 0. The Labute approximate surface area is 87.9 Å². The molecule has 1 aliphatic heterocycles. The summed E-state index contributed by atoms with van der Waals surface area (Å²) in [4.78, 5) is 16.3. The minimum Gasteiger partial charge on any atom is -0.506 e. The molecule has 0 aromatic carbocycles. The second kappa shape index (κ2) is 4.13. The third-order valence-electron chi connectivity index (χ3n) is 2.47. The number of carbonyl (C=O) groups excluding carboxylic acids is 1. The third kappa shape index (κ3) is 2.15. The fourth-order valence-electron chi connectivity index (χ4n) is 1.59. The Morgan fingerprint density at radius 2 is 2.33 bits per heavy atom. The van der Waals surface area contributed by atoms with Gasteiger partial charge in [0.25, 0.3) is 0 Å². The molecule has 1 amide bonds. The molecule has 4 nitrogen and oxygen atoms in total. The quantitative estimate of drug-likeness (QED) is 0.732. The molecule has 0 radical (unpaired) electrons. The first-order chi connectivity index (χ1) is 7.29. The largest absolute Gasteiger partial charge is 0.506 e. The van der Waals surface area contributed by atoms with Gasteiger partial charge in [0.2, 0.25) is 6.41 Å². The van der Waals surface area contributed by atoms with Crippen LogP contribution >= 0.6 is 0 Å². The van der Waals surface area contributed by atoms with Crippen LogP contribution in [0.25, 0.3) is 5.57 Å².